The van der Waals surface area contributed by atoms with Gasteiger partial charge in [-0.05, 0) is 24.1 Å². The molecule has 0 saturated carbocycles. The zero-order valence-electron chi connectivity index (χ0n) is 15.6. The van der Waals surface area contributed by atoms with Crippen molar-refractivity contribution < 1.29 is 23.9 Å². The fourth-order valence-electron chi connectivity index (χ4n) is 4.06. The first kappa shape index (κ1) is 16.9. The summed E-state index contributed by atoms with van der Waals surface area (Å²) in [6, 6.07) is 2.04. The summed E-state index contributed by atoms with van der Waals surface area (Å²) in [5, 5.41) is 4.34. The first-order valence-corrected chi connectivity index (χ1v) is 8.84. The van der Waals surface area contributed by atoms with Crippen LogP contribution in [0.2, 0.25) is 0 Å². The number of nitrogens with zero attached hydrogens (tertiary/aromatic N) is 2. The number of aryl methyl sites for hydroxylation is 2. The van der Waals surface area contributed by atoms with Gasteiger partial charge >= 0.3 is 0 Å². The number of ketones is 1. The third-order valence-electron chi connectivity index (χ3n) is 5.35. The third-order valence-corrected chi connectivity index (χ3v) is 5.35. The van der Waals surface area contributed by atoms with Gasteiger partial charge < -0.3 is 19.1 Å². The minimum atomic E-state index is -0.00268. The highest BCUT2D eigenvalue weighted by atomic mass is 16.7. The van der Waals surface area contributed by atoms with Crippen LogP contribution in [0.1, 0.15) is 39.6 Å². The number of nitrogens with one attached hydrogen (secondary N) is 1. The third kappa shape index (κ3) is 2.63. The second-order valence-electron chi connectivity index (χ2n) is 7.08. The van der Waals surface area contributed by atoms with E-state index in [1.54, 1.807) is 11.8 Å². The summed E-state index contributed by atoms with van der Waals surface area (Å²) in [4.78, 5) is 14.2. The molecule has 2 aliphatic heterocycles. The van der Waals surface area contributed by atoms with Crippen molar-refractivity contribution in [2.24, 2.45) is 7.05 Å². The van der Waals surface area contributed by atoms with Crippen molar-refractivity contribution in [3.63, 3.8) is 0 Å². The minimum Gasteiger partial charge on any atom is -0.492 e. The molecule has 0 aliphatic carbocycles. The van der Waals surface area contributed by atoms with E-state index in [0.29, 0.717) is 23.6 Å². The summed E-state index contributed by atoms with van der Waals surface area (Å²) in [6.45, 7) is 3.08. The van der Waals surface area contributed by atoms with Crippen LogP contribution in [0, 0.1) is 6.92 Å². The lowest BCUT2D eigenvalue weighted by molar-refractivity contribution is -0.913. The molecule has 1 aromatic heterocycles. The Labute approximate surface area is 152 Å². The van der Waals surface area contributed by atoms with Crippen molar-refractivity contribution in [2.45, 2.75) is 25.8 Å². The van der Waals surface area contributed by atoms with E-state index in [1.165, 1.54) is 10.5 Å². The average molecular weight is 358 g/mol. The van der Waals surface area contributed by atoms with Gasteiger partial charge in [0.05, 0.1) is 32.7 Å². The number of rotatable bonds is 4. The summed E-state index contributed by atoms with van der Waals surface area (Å²) < 4.78 is 18.6. The first-order valence-electron chi connectivity index (χ1n) is 8.84. The molecule has 26 heavy (non-hydrogen) atoms. The van der Waals surface area contributed by atoms with Gasteiger partial charge in [-0.15, -0.1) is 0 Å². The monoisotopic (exact) mass is 358 g/mol. The van der Waals surface area contributed by atoms with Gasteiger partial charge in [-0.25, -0.2) is 0 Å². The number of aromatic nitrogens is 2. The van der Waals surface area contributed by atoms with E-state index in [-0.39, 0.29) is 18.6 Å². The summed E-state index contributed by atoms with van der Waals surface area (Å²) >= 11 is 0. The summed E-state index contributed by atoms with van der Waals surface area (Å²) in [5.74, 6) is 2.13. The topological polar surface area (TPSA) is 67.0 Å². The molecule has 2 aliphatic rings. The molecule has 4 rings (SSSR count). The van der Waals surface area contributed by atoms with Gasteiger partial charge in [0.2, 0.25) is 12.5 Å². The highest BCUT2D eigenvalue weighted by Crippen LogP contribution is 2.47. The molecule has 0 saturated heterocycles. The second kappa shape index (κ2) is 6.32. The van der Waals surface area contributed by atoms with Crippen LogP contribution >= 0.6 is 0 Å². The van der Waals surface area contributed by atoms with Crippen LogP contribution in [0.25, 0.3) is 0 Å². The van der Waals surface area contributed by atoms with Crippen LogP contribution < -0.4 is 19.1 Å². The van der Waals surface area contributed by atoms with Crippen LogP contribution in [-0.2, 0) is 13.5 Å². The molecule has 0 spiro atoms. The van der Waals surface area contributed by atoms with Crippen LogP contribution in [0.15, 0.2) is 12.3 Å². The van der Waals surface area contributed by atoms with Gasteiger partial charge in [0.25, 0.3) is 0 Å². The van der Waals surface area contributed by atoms with E-state index < -0.39 is 0 Å². The molecular formula is C19H24N3O4+. The Morgan fingerprint density at radius 1 is 1.46 bits per heavy atom. The Balaban J connectivity index is 1.74. The number of methoxy groups -OCH3 is 1. The fourth-order valence-corrected chi connectivity index (χ4v) is 4.06. The molecule has 7 heteroatoms. The van der Waals surface area contributed by atoms with Crippen molar-refractivity contribution >= 4 is 5.78 Å². The Hall–Kier alpha value is -2.54. The number of likely N-dealkylation sites (N-methyl/N-ethyl adjacent to an activating group) is 1. The van der Waals surface area contributed by atoms with Crippen molar-refractivity contribution in [3.05, 3.63) is 34.6 Å². The van der Waals surface area contributed by atoms with Gasteiger partial charge in [0.1, 0.15) is 11.7 Å². The molecule has 1 N–H and O–H groups in total. The SMILES string of the molecule is COc1c2c(cc3c1[C@H](CC(=O)c1nn(C)cc1C)[NH+](C)CC3)OCO2. The van der Waals surface area contributed by atoms with Crippen LogP contribution in [0.3, 0.4) is 0 Å². The number of hydrogen-bond acceptors (Lipinski definition) is 5. The molecule has 0 radical (unpaired) electrons. The summed E-state index contributed by atoms with van der Waals surface area (Å²) in [5.41, 5.74) is 3.69. The molecular weight excluding hydrogens is 334 g/mol. The van der Waals surface area contributed by atoms with Crippen molar-refractivity contribution in [3.8, 4) is 17.2 Å². The Bertz CT molecular complexity index is 874. The summed E-state index contributed by atoms with van der Waals surface area (Å²) in [7, 11) is 5.60. The van der Waals surface area contributed by atoms with E-state index >= 15 is 0 Å². The highest BCUT2D eigenvalue weighted by Gasteiger charge is 2.38. The lowest BCUT2D eigenvalue weighted by Crippen LogP contribution is -3.10. The number of Topliss-reactive ketones (excluding diaryl/α,β-unsaturated/α-hetero) is 1. The number of ether oxygens (including phenoxy) is 3. The maximum Gasteiger partial charge on any atom is 0.231 e. The number of fused-ring (bicyclic) bond motifs is 2. The van der Waals surface area contributed by atoms with Gasteiger partial charge in [-0.3, -0.25) is 9.48 Å². The predicted molar refractivity (Wildman–Crippen MR) is 94.2 cm³/mol. The summed E-state index contributed by atoms with van der Waals surface area (Å²) in [6.07, 6.45) is 3.17. The zero-order chi connectivity index (χ0) is 18.4. The molecule has 7 nitrogen and oxygen atoms in total. The van der Waals surface area contributed by atoms with Gasteiger partial charge in [-0.1, -0.05) is 0 Å². The van der Waals surface area contributed by atoms with Crippen molar-refractivity contribution in [2.75, 3.05) is 27.5 Å². The van der Waals surface area contributed by atoms with Crippen LogP contribution in [0.4, 0.5) is 0 Å². The lowest BCUT2D eigenvalue weighted by Gasteiger charge is -2.32. The molecule has 2 atom stereocenters. The first-order chi connectivity index (χ1) is 12.5. The Morgan fingerprint density at radius 2 is 2.27 bits per heavy atom. The average Bonchev–Trinajstić information content (AvgIpc) is 3.21. The fraction of sp³-hybridized carbons (Fsp3) is 0.474. The molecule has 1 unspecified atom stereocenters. The number of carbonyl (C=O) groups is 1. The van der Waals surface area contributed by atoms with Crippen LogP contribution in [-0.4, -0.2) is 43.1 Å². The van der Waals surface area contributed by atoms with Gasteiger partial charge in [0.15, 0.2) is 17.3 Å². The Morgan fingerprint density at radius 3 is 2.96 bits per heavy atom. The molecule has 2 aromatic rings. The van der Waals surface area contributed by atoms with E-state index in [1.807, 2.05) is 26.2 Å². The molecule has 0 amide bonds. The molecule has 0 bridgehead atoms. The lowest BCUT2D eigenvalue weighted by atomic mass is 9.88. The smallest absolute Gasteiger partial charge is 0.231 e. The number of hydrogen-bond donors (Lipinski definition) is 1. The van der Waals surface area contributed by atoms with Gasteiger partial charge in [0, 0.05) is 19.7 Å². The zero-order valence-corrected chi connectivity index (χ0v) is 15.6. The predicted octanol–water partition coefficient (Wildman–Crippen LogP) is 0.851. The largest absolute Gasteiger partial charge is 0.492 e. The maximum absolute atomic E-state index is 12.9. The van der Waals surface area contributed by atoms with Crippen LogP contribution in [0.5, 0.6) is 17.2 Å². The van der Waals surface area contributed by atoms with Crippen molar-refractivity contribution in [1.82, 2.24) is 9.78 Å². The quantitative estimate of drug-likeness (QED) is 0.821. The van der Waals surface area contributed by atoms with Crippen molar-refractivity contribution in [1.29, 1.82) is 0 Å². The minimum absolute atomic E-state index is 0.00268. The van der Waals surface area contributed by atoms with E-state index in [2.05, 4.69) is 12.1 Å². The number of benzene rings is 1. The molecule has 3 heterocycles. The number of carbonyl (C=O) groups excluding carboxylic acids is 1. The number of quaternary nitrogens is 1. The molecule has 1 aromatic carbocycles. The highest BCUT2D eigenvalue weighted by molar-refractivity contribution is 5.96. The van der Waals surface area contributed by atoms with E-state index in [4.69, 9.17) is 14.2 Å². The second-order valence-corrected chi connectivity index (χ2v) is 7.08. The Kier molecular flexibility index (Phi) is 4.11. The van der Waals surface area contributed by atoms with E-state index in [0.717, 1.165) is 29.8 Å². The molecule has 138 valence electrons. The maximum atomic E-state index is 12.9. The normalized spacial score (nSPS) is 20.8. The standard InChI is InChI=1S/C19H23N3O4/c1-11-9-22(3)20-17(11)14(23)8-13-16-12(5-6-21(13)2)7-15-18(19(16)24-4)26-10-25-15/h7,9,13H,5-6,8,10H2,1-4H3/p+1/t13-/m0/s1. The van der Waals surface area contributed by atoms with Gasteiger partial charge in [-0.2, -0.15) is 5.10 Å². The molecule has 0 fully saturated rings. The van der Waals surface area contributed by atoms with E-state index in [9.17, 15) is 4.79 Å².